The number of Topliss-reactive ketones (excluding diaryl/α,β-unsaturated/α-hetero) is 1. The van der Waals surface area contributed by atoms with Crippen LogP contribution in [0.5, 0.6) is 0 Å². The quantitative estimate of drug-likeness (QED) is 0.502. The van der Waals surface area contributed by atoms with Crippen molar-refractivity contribution < 1.29 is 17.9 Å². The summed E-state index contributed by atoms with van der Waals surface area (Å²) in [5.41, 5.74) is 0.544. The van der Waals surface area contributed by atoms with E-state index in [-0.39, 0.29) is 9.99 Å². The van der Waals surface area contributed by atoms with E-state index in [1.54, 1.807) is 7.11 Å². The van der Waals surface area contributed by atoms with Gasteiger partial charge in [-0.2, -0.15) is 0 Å². The highest BCUT2D eigenvalue weighted by atomic mass is 32.2. The third-order valence-corrected chi connectivity index (χ3v) is 5.82. The zero-order valence-electron chi connectivity index (χ0n) is 9.75. The van der Waals surface area contributed by atoms with E-state index in [4.69, 9.17) is 4.74 Å². The summed E-state index contributed by atoms with van der Waals surface area (Å²) in [5, 5.41) is 0. The highest BCUT2D eigenvalue weighted by Gasteiger charge is 2.26. The summed E-state index contributed by atoms with van der Waals surface area (Å²) in [7, 11) is -0.965. The van der Waals surface area contributed by atoms with Gasteiger partial charge in [-0.3, -0.25) is 4.79 Å². The molecule has 2 rings (SSSR count). The van der Waals surface area contributed by atoms with Crippen molar-refractivity contribution in [1.29, 1.82) is 0 Å². The van der Waals surface area contributed by atoms with Crippen LogP contribution in [0.25, 0.3) is 0 Å². The van der Waals surface area contributed by atoms with Crippen molar-refractivity contribution in [3.05, 3.63) is 11.6 Å². The molecule has 0 aromatic carbocycles. The van der Waals surface area contributed by atoms with Gasteiger partial charge in [0, 0.05) is 25.8 Å². The first kappa shape index (κ1) is 14.0. The van der Waals surface area contributed by atoms with Crippen LogP contribution in [0.2, 0.25) is 0 Å². The monoisotopic (exact) mass is 307 g/mol. The van der Waals surface area contributed by atoms with Crippen LogP contribution in [-0.2, 0) is 15.4 Å². The average Bonchev–Trinajstić information content (AvgIpc) is 2.74. The highest BCUT2D eigenvalue weighted by molar-refractivity contribution is 7.99. The van der Waals surface area contributed by atoms with Crippen molar-refractivity contribution in [1.82, 2.24) is 4.31 Å². The fourth-order valence-electron chi connectivity index (χ4n) is 1.62. The van der Waals surface area contributed by atoms with Gasteiger partial charge in [-0.1, -0.05) is 0 Å². The van der Waals surface area contributed by atoms with E-state index in [9.17, 15) is 13.2 Å². The second-order valence-corrected chi connectivity index (χ2v) is 7.48. The van der Waals surface area contributed by atoms with Gasteiger partial charge >= 0.3 is 0 Å². The SMILES string of the molecule is COCCCN1CC(=O)c2cc([SH](=O)=O)sc2S1. The predicted octanol–water partition coefficient (Wildman–Crippen LogP) is 1.26. The number of nitrogens with zero attached hydrogens (tertiary/aromatic N) is 1. The molecule has 5 nitrogen and oxygen atoms in total. The Balaban J connectivity index is 2.10. The van der Waals surface area contributed by atoms with Crippen molar-refractivity contribution in [3.63, 3.8) is 0 Å². The van der Waals surface area contributed by atoms with Crippen molar-refractivity contribution in [2.24, 2.45) is 0 Å². The summed E-state index contributed by atoms with van der Waals surface area (Å²) in [5.74, 6) is -0.0134. The number of thiol groups is 1. The van der Waals surface area contributed by atoms with Gasteiger partial charge in [0.05, 0.1) is 10.8 Å². The van der Waals surface area contributed by atoms with Crippen molar-refractivity contribution in [3.8, 4) is 0 Å². The third-order valence-electron chi connectivity index (χ3n) is 2.45. The van der Waals surface area contributed by atoms with Crippen LogP contribution in [0.4, 0.5) is 0 Å². The largest absolute Gasteiger partial charge is 0.385 e. The summed E-state index contributed by atoms with van der Waals surface area (Å²) in [6.07, 6.45) is 0.847. The maximum atomic E-state index is 11.9. The van der Waals surface area contributed by atoms with E-state index in [1.807, 2.05) is 4.31 Å². The molecule has 1 aromatic heterocycles. The van der Waals surface area contributed by atoms with Gasteiger partial charge in [-0.15, -0.1) is 11.3 Å². The Kier molecular flexibility index (Phi) is 4.79. The van der Waals surface area contributed by atoms with Crippen LogP contribution >= 0.6 is 23.3 Å². The van der Waals surface area contributed by atoms with Crippen LogP contribution < -0.4 is 0 Å². The molecule has 0 fully saturated rings. The van der Waals surface area contributed by atoms with Crippen LogP contribution in [0.3, 0.4) is 0 Å². The Hall–Kier alpha value is -0.410. The second-order valence-electron chi connectivity index (χ2n) is 3.77. The average molecular weight is 307 g/mol. The Morgan fingerprint density at radius 2 is 2.28 bits per heavy atom. The van der Waals surface area contributed by atoms with E-state index >= 15 is 0 Å². The van der Waals surface area contributed by atoms with E-state index in [0.29, 0.717) is 18.7 Å². The van der Waals surface area contributed by atoms with Gasteiger partial charge in [0.15, 0.2) is 16.5 Å². The zero-order valence-corrected chi connectivity index (χ0v) is 12.3. The number of fused-ring (bicyclic) bond motifs is 1. The minimum atomic E-state index is -2.61. The summed E-state index contributed by atoms with van der Waals surface area (Å²) in [6.45, 7) is 1.73. The number of hydrogen-bond acceptors (Lipinski definition) is 7. The first-order chi connectivity index (χ1) is 8.61. The smallest absolute Gasteiger partial charge is 0.179 e. The summed E-state index contributed by atoms with van der Waals surface area (Å²) < 4.78 is 29.8. The first-order valence-corrected chi connectivity index (χ1v) is 8.12. The molecule has 8 heteroatoms. The number of carbonyl (C=O) groups is 1. The maximum absolute atomic E-state index is 11.9. The number of ether oxygens (including phenoxy) is 1. The van der Waals surface area contributed by atoms with Crippen molar-refractivity contribution in [2.45, 2.75) is 14.8 Å². The van der Waals surface area contributed by atoms with Gasteiger partial charge in [0.25, 0.3) is 0 Å². The molecule has 0 spiro atoms. The molecule has 18 heavy (non-hydrogen) atoms. The molecule has 0 radical (unpaired) electrons. The molecular formula is C10H13NO4S3. The molecule has 1 aromatic rings. The molecule has 0 saturated carbocycles. The number of methoxy groups -OCH3 is 1. The lowest BCUT2D eigenvalue weighted by molar-refractivity contribution is 0.0959. The molecule has 0 saturated heterocycles. The molecule has 0 atom stereocenters. The molecule has 0 aliphatic carbocycles. The van der Waals surface area contributed by atoms with Gasteiger partial charge in [-0.05, 0) is 24.4 Å². The predicted molar refractivity (Wildman–Crippen MR) is 71.2 cm³/mol. The van der Waals surface area contributed by atoms with Crippen LogP contribution in [0.15, 0.2) is 14.5 Å². The molecule has 1 aliphatic rings. The molecule has 100 valence electrons. The topological polar surface area (TPSA) is 63.7 Å². The minimum Gasteiger partial charge on any atom is -0.385 e. The zero-order chi connectivity index (χ0) is 13.1. The van der Waals surface area contributed by atoms with Gasteiger partial charge in [0.1, 0.15) is 4.21 Å². The second kappa shape index (κ2) is 6.16. The number of hydrogen-bond donors (Lipinski definition) is 1. The number of ketones is 1. The Bertz CT molecular complexity index is 515. The molecule has 0 N–H and O–H groups in total. The standard InChI is InChI=1S/C10H13NO4S3/c1-15-4-2-3-11-6-8(12)7-5-9(18(13)14)16-10(7)17-11/h5,18H,2-4,6H2,1H3. The van der Waals surface area contributed by atoms with Crippen LogP contribution in [-0.4, -0.2) is 45.3 Å². The molecular weight excluding hydrogens is 294 g/mol. The Labute approximate surface area is 115 Å². The maximum Gasteiger partial charge on any atom is 0.179 e. The summed E-state index contributed by atoms with van der Waals surface area (Å²) in [4.78, 5) is 11.9. The number of rotatable bonds is 5. The number of carbonyl (C=O) groups excluding carboxylic acids is 1. The lowest BCUT2D eigenvalue weighted by Crippen LogP contribution is -2.28. The van der Waals surface area contributed by atoms with E-state index in [2.05, 4.69) is 0 Å². The lowest BCUT2D eigenvalue weighted by Gasteiger charge is -2.23. The Morgan fingerprint density at radius 1 is 1.50 bits per heavy atom. The van der Waals surface area contributed by atoms with Gasteiger partial charge < -0.3 is 4.74 Å². The lowest BCUT2D eigenvalue weighted by atomic mass is 10.2. The van der Waals surface area contributed by atoms with Crippen LogP contribution in [0.1, 0.15) is 16.8 Å². The first-order valence-electron chi connectivity index (χ1n) is 5.35. The molecule has 2 heterocycles. The van der Waals surface area contributed by atoms with Crippen LogP contribution in [0, 0.1) is 0 Å². The van der Waals surface area contributed by atoms with E-state index in [1.165, 1.54) is 18.0 Å². The van der Waals surface area contributed by atoms with E-state index < -0.39 is 10.7 Å². The molecule has 0 bridgehead atoms. The fourth-order valence-corrected chi connectivity index (χ4v) is 4.90. The third kappa shape index (κ3) is 3.12. The van der Waals surface area contributed by atoms with Crippen molar-refractivity contribution >= 4 is 39.8 Å². The highest BCUT2D eigenvalue weighted by Crippen LogP contribution is 2.38. The number of thiophene rings is 1. The molecule has 0 amide bonds. The summed E-state index contributed by atoms with van der Waals surface area (Å²) >= 11 is 2.62. The molecule has 1 aliphatic heterocycles. The van der Waals surface area contributed by atoms with Gasteiger partial charge in [-0.25, -0.2) is 12.7 Å². The van der Waals surface area contributed by atoms with Crippen molar-refractivity contribution in [2.75, 3.05) is 26.8 Å². The van der Waals surface area contributed by atoms with Gasteiger partial charge in [0.2, 0.25) is 0 Å². The van der Waals surface area contributed by atoms with E-state index in [0.717, 1.165) is 28.5 Å². The molecule has 0 unspecified atom stereocenters. The fraction of sp³-hybridized carbons (Fsp3) is 0.500. The Morgan fingerprint density at radius 3 is 2.94 bits per heavy atom. The minimum absolute atomic E-state index is 0.0134. The normalized spacial score (nSPS) is 16.2. The summed E-state index contributed by atoms with van der Waals surface area (Å²) in [6, 6.07) is 1.48.